The van der Waals surface area contributed by atoms with E-state index in [2.05, 4.69) is 18.0 Å². The lowest BCUT2D eigenvalue weighted by Crippen LogP contribution is -2.27. The molecule has 2 aromatic carbocycles. The molecule has 0 spiro atoms. The maximum Gasteiger partial charge on any atom is 0.0783 e. The van der Waals surface area contributed by atoms with Crippen LogP contribution in [0.3, 0.4) is 0 Å². The quantitative estimate of drug-likeness (QED) is 0.609. The van der Waals surface area contributed by atoms with Gasteiger partial charge < -0.3 is 22.5 Å². The van der Waals surface area contributed by atoms with Crippen LogP contribution >= 0.6 is 0 Å². The Labute approximate surface area is 137 Å². The first kappa shape index (κ1) is 16.5. The molecule has 0 atom stereocenters. The van der Waals surface area contributed by atoms with Crippen molar-refractivity contribution in [1.29, 1.82) is 0 Å². The lowest BCUT2D eigenvalue weighted by molar-refractivity contribution is 0.808. The van der Waals surface area contributed by atoms with E-state index in [-0.39, 0.29) is 0 Å². The van der Waals surface area contributed by atoms with Gasteiger partial charge in [0.2, 0.25) is 0 Å². The molecule has 3 rings (SSSR count). The predicted octanol–water partition coefficient (Wildman–Crippen LogP) is 2.51. The zero-order valence-corrected chi connectivity index (χ0v) is 13.5. The van der Waals surface area contributed by atoms with Crippen molar-refractivity contribution in [2.24, 2.45) is 11.5 Å². The van der Waals surface area contributed by atoms with Gasteiger partial charge in [0.1, 0.15) is 0 Å². The van der Waals surface area contributed by atoms with E-state index in [1.54, 1.807) is 0 Å². The normalized spacial score (nSPS) is 14.7. The van der Waals surface area contributed by atoms with Crippen molar-refractivity contribution in [2.75, 3.05) is 12.3 Å². The van der Waals surface area contributed by atoms with E-state index in [4.69, 9.17) is 17.2 Å². The average Bonchev–Trinajstić information content (AvgIpc) is 2.54. The first-order valence-corrected chi connectivity index (χ1v) is 7.58. The Morgan fingerprint density at radius 3 is 2.43 bits per heavy atom. The van der Waals surface area contributed by atoms with Crippen molar-refractivity contribution in [3.63, 3.8) is 0 Å². The molecule has 7 N–H and O–H groups in total. The molecule has 0 bridgehead atoms. The Morgan fingerprint density at radius 1 is 1.09 bits per heavy atom. The molecule has 1 heterocycles. The van der Waals surface area contributed by atoms with Crippen LogP contribution in [-0.4, -0.2) is 6.54 Å². The Hall–Kier alpha value is -2.88. The topological polar surface area (TPSA) is 90.1 Å². The Balaban J connectivity index is 0.000000203. The summed E-state index contributed by atoms with van der Waals surface area (Å²) in [6, 6.07) is 16.0. The van der Waals surface area contributed by atoms with Crippen LogP contribution in [0.25, 0.3) is 5.70 Å². The van der Waals surface area contributed by atoms with Crippen molar-refractivity contribution in [1.82, 2.24) is 5.32 Å². The van der Waals surface area contributed by atoms with Gasteiger partial charge in [0.15, 0.2) is 0 Å². The molecule has 0 saturated carbocycles. The largest absolute Gasteiger partial charge is 0.399 e. The zero-order chi connectivity index (χ0) is 16.8. The molecule has 0 radical (unpaired) electrons. The summed E-state index contributed by atoms with van der Waals surface area (Å²) in [4.78, 5) is 0. The van der Waals surface area contributed by atoms with Gasteiger partial charge >= 0.3 is 0 Å². The van der Waals surface area contributed by atoms with E-state index in [1.807, 2.05) is 49.4 Å². The lowest BCUT2D eigenvalue weighted by Gasteiger charge is -2.22. The highest BCUT2D eigenvalue weighted by Crippen LogP contribution is 2.23. The summed E-state index contributed by atoms with van der Waals surface area (Å²) in [5.74, 6) is 0. The molecule has 0 unspecified atom stereocenters. The minimum Gasteiger partial charge on any atom is -0.399 e. The van der Waals surface area contributed by atoms with Crippen molar-refractivity contribution in [3.8, 4) is 0 Å². The first-order chi connectivity index (χ1) is 11.0. The summed E-state index contributed by atoms with van der Waals surface area (Å²) in [6.07, 6.45) is 1.02. The number of benzene rings is 2. The molecule has 4 nitrogen and oxygen atoms in total. The molecule has 4 heteroatoms. The van der Waals surface area contributed by atoms with E-state index >= 15 is 0 Å². The second-order valence-electron chi connectivity index (χ2n) is 5.56. The van der Waals surface area contributed by atoms with Crippen molar-refractivity contribution < 1.29 is 0 Å². The van der Waals surface area contributed by atoms with Gasteiger partial charge in [-0.3, -0.25) is 0 Å². The van der Waals surface area contributed by atoms with Gasteiger partial charge in [0, 0.05) is 23.5 Å². The van der Waals surface area contributed by atoms with Crippen LogP contribution in [0.4, 0.5) is 5.69 Å². The number of nitrogens with two attached hydrogens (primary N) is 3. The average molecular weight is 308 g/mol. The highest BCUT2D eigenvalue weighted by molar-refractivity contribution is 5.73. The van der Waals surface area contributed by atoms with Crippen molar-refractivity contribution in [2.45, 2.75) is 13.3 Å². The van der Waals surface area contributed by atoms with Gasteiger partial charge in [-0.15, -0.1) is 0 Å². The number of nitrogens with one attached hydrogen (secondary N) is 1. The van der Waals surface area contributed by atoms with Crippen LogP contribution in [0.2, 0.25) is 0 Å². The third kappa shape index (κ3) is 4.30. The van der Waals surface area contributed by atoms with E-state index in [9.17, 15) is 0 Å². The SMILES string of the molecule is C=C(N)/C(N)=C1\NCCc2ccccc21.Cc1cccc(N)c1. The number of aryl methyl sites for hydroxylation is 1. The molecule has 1 aliphatic heterocycles. The summed E-state index contributed by atoms with van der Waals surface area (Å²) in [5.41, 5.74) is 23.3. The molecule has 1 aliphatic rings. The number of anilines is 1. The third-order valence-corrected chi connectivity index (χ3v) is 3.64. The van der Waals surface area contributed by atoms with Crippen LogP contribution in [0.15, 0.2) is 66.5 Å². The minimum absolute atomic E-state index is 0.411. The molecule has 0 aromatic heterocycles. The fourth-order valence-electron chi connectivity index (χ4n) is 2.47. The highest BCUT2D eigenvalue weighted by Gasteiger charge is 2.15. The third-order valence-electron chi connectivity index (χ3n) is 3.64. The molecule has 0 amide bonds. The Kier molecular flexibility index (Phi) is 5.31. The molecule has 23 heavy (non-hydrogen) atoms. The van der Waals surface area contributed by atoms with Gasteiger partial charge in [-0.05, 0) is 36.6 Å². The number of hydrogen-bond donors (Lipinski definition) is 4. The van der Waals surface area contributed by atoms with Crippen molar-refractivity contribution in [3.05, 3.63) is 83.2 Å². The van der Waals surface area contributed by atoms with Crippen LogP contribution in [0.5, 0.6) is 0 Å². The maximum atomic E-state index is 5.90. The summed E-state index contributed by atoms with van der Waals surface area (Å²) in [7, 11) is 0. The van der Waals surface area contributed by atoms with Gasteiger partial charge in [-0.1, -0.05) is 43.0 Å². The van der Waals surface area contributed by atoms with Crippen LogP contribution in [0, 0.1) is 6.92 Å². The second-order valence-corrected chi connectivity index (χ2v) is 5.56. The molecular weight excluding hydrogens is 284 g/mol. The molecule has 0 saturated heterocycles. The molecule has 120 valence electrons. The predicted molar refractivity (Wildman–Crippen MR) is 98.2 cm³/mol. The summed E-state index contributed by atoms with van der Waals surface area (Å²) in [6.45, 7) is 6.57. The van der Waals surface area contributed by atoms with Gasteiger partial charge in [-0.2, -0.15) is 0 Å². The number of hydrogen-bond acceptors (Lipinski definition) is 4. The van der Waals surface area contributed by atoms with Gasteiger partial charge in [-0.25, -0.2) is 0 Å². The number of nitrogen functional groups attached to an aromatic ring is 1. The fraction of sp³-hybridized carbons (Fsp3) is 0.158. The lowest BCUT2D eigenvalue weighted by atomic mass is 9.97. The van der Waals surface area contributed by atoms with E-state index in [0.29, 0.717) is 11.4 Å². The fourth-order valence-corrected chi connectivity index (χ4v) is 2.47. The Bertz CT molecular complexity index is 714. The number of fused-ring (bicyclic) bond motifs is 1. The van der Waals surface area contributed by atoms with E-state index in [1.165, 1.54) is 11.1 Å². The minimum atomic E-state index is 0.411. The monoisotopic (exact) mass is 308 g/mol. The summed E-state index contributed by atoms with van der Waals surface area (Å²) < 4.78 is 0. The zero-order valence-electron chi connectivity index (χ0n) is 13.5. The molecule has 0 fully saturated rings. The summed E-state index contributed by atoms with van der Waals surface area (Å²) in [5, 5.41) is 3.27. The van der Waals surface area contributed by atoms with Crippen LogP contribution in [-0.2, 0) is 6.42 Å². The number of rotatable bonds is 1. The smallest absolute Gasteiger partial charge is 0.0783 e. The van der Waals surface area contributed by atoms with Gasteiger partial charge in [0.05, 0.1) is 11.4 Å². The first-order valence-electron chi connectivity index (χ1n) is 7.58. The van der Waals surface area contributed by atoms with E-state index in [0.717, 1.165) is 29.9 Å². The van der Waals surface area contributed by atoms with Crippen LogP contribution in [0.1, 0.15) is 16.7 Å². The van der Waals surface area contributed by atoms with Gasteiger partial charge in [0.25, 0.3) is 0 Å². The maximum absolute atomic E-state index is 5.90. The highest BCUT2D eigenvalue weighted by atomic mass is 14.9. The standard InChI is InChI=1S/C12H15N3.C7H9N/c1-8(13)11(14)12-10-5-3-2-4-9(10)6-7-15-12;1-6-3-2-4-7(8)5-6/h2-5,15H,1,6-7,13-14H2;2-5H,8H2,1H3/b12-11+;. The van der Waals surface area contributed by atoms with Crippen LogP contribution < -0.4 is 22.5 Å². The molecule has 2 aromatic rings. The second kappa shape index (κ2) is 7.40. The molecular formula is C19H24N4. The summed E-state index contributed by atoms with van der Waals surface area (Å²) >= 11 is 0. The van der Waals surface area contributed by atoms with E-state index < -0.39 is 0 Å². The Morgan fingerprint density at radius 2 is 1.83 bits per heavy atom. The van der Waals surface area contributed by atoms with Crippen molar-refractivity contribution >= 4 is 11.4 Å². The molecule has 0 aliphatic carbocycles.